The van der Waals surface area contributed by atoms with Crippen molar-refractivity contribution < 1.29 is 24.2 Å². The minimum Gasteiger partial charge on any atom is -0.481 e. The Morgan fingerprint density at radius 2 is 1.62 bits per heavy atom. The van der Waals surface area contributed by atoms with Crippen molar-refractivity contribution >= 4 is 24.0 Å². The van der Waals surface area contributed by atoms with E-state index in [9.17, 15) is 14.4 Å². The van der Waals surface area contributed by atoms with Gasteiger partial charge in [0.15, 0.2) is 0 Å². The number of carbonyl (C=O) groups is 3. The second-order valence-corrected chi connectivity index (χ2v) is 3.57. The number of benzene rings is 1. The minimum atomic E-state index is -0.829. The third-order valence-corrected chi connectivity index (χ3v) is 1.91. The average Bonchev–Trinajstić information content (AvgIpc) is 2.84. The molecule has 0 spiro atoms. The Hall–Kier alpha value is -2.95. The number of cyclic esters (lactones) is 2. The van der Waals surface area contributed by atoms with Crippen molar-refractivity contribution in [3.8, 4) is 0 Å². The molecule has 0 atom stereocenters. The normalized spacial score (nSPS) is 11.2. The SMILES string of the molecule is C=CCC(=O)O.C=Cc1ccccc1.O=C1C=CC(=O)O1. The highest BCUT2D eigenvalue weighted by molar-refractivity contribution is 6.04. The minimum absolute atomic E-state index is 0.0556. The van der Waals surface area contributed by atoms with Gasteiger partial charge >= 0.3 is 17.9 Å². The lowest BCUT2D eigenvalue weighted by Gasteiger charge is -1.85. The van der Waals surface area contributed by atoms with E-state index in [-0.39, 0.29) is 6.42 Å². The topological polar surface area (TPSA) is 80.7 Å². The van der Waals surface area contributed by atoms with Gasteiger partial charge in [-0.25, -0.2) is 9.59 Å². The lowest BCUT2D eigenvalue weighted by Crippen LogP contribution is -1.96. The Kier molecular flexibility index (Phi) is 9.39. The van der Waals surface area contributed by atoms with Gasteiger partial charge in [0.1, 0.15) is 0 Å². The quantitative estimate of drug-likeness (QED) is 0.525. The van der Waals surface area contributed by atoms with Crippen LogP contribution in [0.3, 0.4) is 0 Å². The van der Waals surface area contributed by atoms with Gasteiger partial charge in [0.05, 0.1) is 6.42 Å². The van der Waals surface area contributed by atoms with E-state index in [0.29, 0.717) is 0 Å². The number of aliphatic carboxylic acids is 1. The van der Waals surface area contributed by atoms with E-state index in [2.05, 4.69) is 17.9 Å². The summed E-state index contributed by atoms with van der Waals surface area (Å²) in [6.07, 6.45) is 5.41. The fourth-order valence-corrected chi connectivity index (χ4v) is 1.02. The van der Waals surface area contributed by atoms with Gasteiger partial charge in [0.25, 0.3) is 0 Å². The molecule has 1 aromatic rings. The number of carbonyl (C=O) groups excluding carboxylic acids is 2. The number of esters is 2. The standard InChI is InChI=1S/C8H8.C4H2O3.C4H6O2/c1-2-8-6-4-3-5-7-8;5-3-1-2-4(6)7-3;1-2-3-4(5)6/h2-7H,1H2;1-2H;2H,1,3H2,(H,5,6). The second-order valence-electron chi connectivity index (χ2n) is 3.57. The number of hydrogen-bond acceptors (Lipinski definition) is 4. The molecule has 0 fully saturated rings. The second kappa shape index (κ2) is 10.9. The van der Waals surface area contributed by atoms with Crippen molar-refractivity contribution in [1.82, 2.24) is 0 Å². The molecule has 0 saturated carbocycles. The van der Waals surface area contributed by atoms with Crippen LogP contribution in [0, 0.1) is 0 Å². The van der Waals surface area contributed by atoms with Crippen molar-refractivity contribution in [2.24, 2.45) is 0 Å². The van der Waals surface area contributed by atoms with Crippen LogP contribution in [0.5, 0.6) is 0 Å². The highest BCUT2D eigenvalue weighted by Gasteiger charge is 2.10. The Balaban J connectivity index is 0.000000290. The van der Waals surface area contributed by atoms with Crippen LogP contribution in [-0.2, 0) is 19.1 Å². The molecule has 1 aromatic carbocycles. The summed E-state index contributed by atoms with van der Waals surface area (Å²) in [5.41, 5.74) is 1.17. The zero-order valence-corrected chi connectivity index (χ0v) is 11.4. The van der Waals surface area contributed by atoms with Crippen LogP contribution in [-0.4, -0.2) is 23.0 Å². The van der Waals surface area contributed by atoms with Gasteiger partial charge in [0.2, 0.25) is 0 Å². The number of hydrogen-bond donors (Lipinski definition) is 1. The molecule has 1 N–H and O–H groups in total. The first-order chi connectivity index (χ1) is 9.99. The zero-order chi connectivity index (χ0) is 16.1. The van der Waals surface area contributed by atoms with Crippen molar-refractivity contribution in [1.29, 1.82) is 0 Å². The smallest absolute Gasteiger partial charge is 0.338 e. The van der Waals surface area contributed by atoms with E-state index < -0.39 is 17.9 Å². The summed E-state index contributed by atoms with van der Waals surface area (Å²) in [5.74, 6) is -1.99. The Bertz CT molecular complexity index is 513. The highest BCUT2D eigenvalue weighted by atomic mass is 16.6. The van der Waals surface area contributed by atoms with E-state index in [1.807, 2.05) is 36.4 Å². The molecular formula is C16H16O5. The summed E-state index contributed by atoms with van der Waals surface area (Å²) in [5, 5.41) is 7.84. The van der Waals surface area contributed by atoms with Gasteiger partial charge in [-0.3, -0.25) is 4.79 Å². The Labute approximate surface area is 122 Å². The average molecular weight is 288 g/mol. The molecule has 21 heavy (non-hydrogen) atoms. The van der Waals surface area contributed by atoms with Gasteiger partial charge < -0.3 is 9.84 Å². The number of carboxylic acids is 1. The van der Waals surface area contributed by atoms with Gasteiger partial charge in [-0.2, -0.15) is 0 Å². The molecule has 0 unspecified atom stereocenters. The molecule has 110 valence electrons. The maximum absolute atomic E-state index is 9.92. The first kappa shape index (κ1) is 18.0. The third kappa shape index (κ3) is 10.6. The summed E-state index contributed by atoms with van der Waals surface area (Å²) >= 11 is 0. The summed E-state index contributed by atoms with van der Waals surface area (Å²) in [6.45, 7) is 6.85. The van der Waals surface area contributed by atoms with Crippen LogP contribution < -0.4 is 0 Å². The van der Waals surface area contributed by atoms with Crippen LogP contribution in [0.4, 0.5) is 0 Å². The van der Waals surface area contributed by atoms with E-state index in [1.54, 1.807) is 0 Å². The predicted octanol–water partition coefficient (Wildman–Crippen LogP) is 2.60. The molecule has 0 radical (unpaired) electrons. The lowest BCUT2D eigenvalue weighted by atomic mass is 10.2. The van der Waals surface area contributed by atoms with Crippen molar-refractivity contribution in [3.63, 3.8) is 0 Å². The third-order valence-electron chi connectivity index (χ3n) is 1.91. The maximum Gasteiger partial charge on any atom is 0.338 e. The Morgan fingerprint density at radius 1 is 1.10 bits per heavy atom. The monoisotopic (exact) mass is 288 g/mol. The molecule has 0 aliphatic carbocycles. The van der Waals surface area contributed by atoms with Crippen molar-refractivity contribution in [2.75, 3.05) is 0 Å². The van der Waals surface area contributed by atoms with Crippen LogP contribution in [0.1, 0.15) is 12.0 Å². The number of ether oxygens (including phenoxy) is 1. The predicted molar refractivity (Wildman–Crippen MR) is 79.2 cm³/mol. The highest BCUT2D eigenvalue weighted by Crippen LogP contribution is 1.97. The van der Waals surface area contributed by atoms with E-state index in [1.165, 1.54) is 11.6 Å². The van der Waals surface area contributed by atoms with Crippen LogP contribution >= 0.6 is 0 Å². The van der Waals surface area contributed by atoms with Gasteiger partial charge in [-0.15, -0.1) is 6.58 Å². The summed E-state index contributed by atoms with van der Waals surface area (Å²) < 4.78 is 3.97. The van der Waals surface area contributed by atoms with E-state index in [4.69, 9.17) is 5.11 Å². The number of carboxylic acid groups (broad SMARTS) is 1. The van der Waals surface area contributed by atoms with Crippen LogP contribution in [0.15, 0.2) is 61.7 Å². The molecule has 0 aromatic heterocycles. The summed E-state index contributed by atoms with van der Waals surface area (Å²) in [4.78, 5) is 29.4. The molecule has 1 aliphatic heterocycles. The van der Waals surface area contributed by atoms with Crippen LogP contribution in [0.25, 0.3) is 6.08 Å². The molecule has 0 bridgehead atoms. The largest absolute Gasteiger partial charge is 0.481 e. The number of rotatable bonds is 3. The Morgan fingerprint density at radius 3 is 1.81 bits per heavy atom. The fourth-order valence-electron chi connectivity index (χ4n) is 1.02. The zero-order valence-electron chi connectivity index (χ0n) is 11.4. The summed E-state index contributed by atoms with van der Waals surface area (Å²) in [7, 11) is 0. The van der Waals surface area contributed by atoms with Gasteiger partial charge in [-0.1, -0.05) is 49.1 Å². The fraction of sp³-hybridized carbons (Fsp3) is 0.0625. The van der Waals surface area contributed by atoms with Crippen LogP contribution in [0.2, 0.25) is 0 Å². The first-order valence-electron chi connectivity index (χ1n) is 5.93. The molecule has 1 aliphatic rings. The summed E-state index contributed by atoms with van der Waals surface area (Å²) in [6, 6.07) is 10.0. The van der Waals surface area contributed by atoms with E-state index in [0.717, 1.165) is 12.2 Å². The van der Waals surface area contributed by atoms with Gasteiger partial charge in [-0.05, 0) is 5.56 Å². The van der Waals surface area contributed by atoms with Gasteiger partial charge in [0, 0.05) is 12.2 Å². The van der Waals surface area contributed by atoms with E-state index >= 15 is 0 Å². The molecule has 0 amide bonds. The van der Waals surface area contributed by atoms with Crippen molar-refractivity contribution in [2.45, 2.75) is 6.42 Å². The molecule has 1 heterocycles. The molecule has 0 saturated heterocycles. The molecular weight excluding hydrogens is 272 g/mol. The molecule has 5 heteroatoms. The maximum atomic E-state index is 9.92. The lowest BCUT2D eigenvalue weighted by molar-refractivity contribution is -0.150. The molecule has 5 nitrogen and oxygen atoms in total. The first-order valence-corrected chi connectivity index (χ1v) is 5.93. The molecule has 2 rings (SSSR count). The van der Waals surface area contributed by atoms with Crippen molar-refractivity contribution in [3.05, 3.63) is 67.3 Å².